The lowest BCUT2D eigenvalue weighted by Gasteiger charge is -2.20. The van der Waals surface area contributed by atoms with Crippen molar-refractivity contribution in [3.63, 3.8) is 0 Å². The van der Waals surface area contributed by atoms with E-state index in [1.165, 1.54) is 0 Å². The normalized spacial score (nSPS) is 11.4. The molecular formula is C14H20N4O2S. The maximum Gasteiger partial charge on any atom is 0.320 e. The average Bonchev–Trinajstić information content (AvgIpc) is 2.97. The Labute approximate surface area is 127 Å². The predicted molar refractivity (Wildman–Crippen MR) is 84.5 cm³/mol. The molecule has 0 aliphatic carbocycles. The number of nitrogens with one attached hydrogen (secondary N) is 2. The van der Waals surface area contributed by atoms with Gasteiger partial charge < -0.3 is 10.4 Å². The summed E-state index contributed by atoms with van der Waals surface area (Å²) < 4.78 is 1.59. The highest BCUT2D eigenvalue weighted by Gasteiger charge is 2.16. The minimum Gasteiger partial charge on any atom is -0.394 e. The molecule has 0 aliphatic heterocycles. The van der Waals surface area contributed by atoms with Crippen LogP contribution in [0.5, 0.6) is 0 Å². The molecule has 2 aromatic rings. The third-order valence-electron chi connectivity index (χ3n) is 2.60. The van der Waals surface area contributed by atoms with E-state index in [2.05, 4.69) is 15.7 Å². The first-order valence-electron chi connectivity index (χ1n) is 6.71. The molecule has 21 heavy (non-hydrogen) atoms. The molecule has 0 aromatic carbocycles. The number of anilines is 1. The number of nitrogens with zero attached hydrogens (tertiary/aromatic N) is 2. The second kappa shape index (κ2) is 6.28. The van der Waals surface area contributed by atoms with E-state index in [0.717, 1.165) is 10.6 Å². The maximum absolute atomic E-state index is 12.0. The van der Waals surface area contributed by atoms with E-state index in [1.54, 1.807) is 16.0 Å². The van der Waals surface area contributed by atoms with E-state index in [0.29, 0.717) is 12.4 Å². The van der Waals surface area contributed by atoms with Crippen LogP contribution in [0, 0.1) is 0 Å². The van der Waals surface area contributed by atoms with E-state index in [-0.39, 0.29) is 18.2 Å². The van der Waals surface area contributed by atoms with Crippen LogP contribution in [0.25, 0.3) is 10.6 Å². The van der Waals surface area contributed by atoms with Crippen molar-refractivity contribution in [2.45, 2.75) is 32.9 Å². The van der Waals surface area contributed by atoms with Crippen LogP contribution in [0.4, 0.5) is 10.6 Å². The number of carbonyl (C=O) groups excluding carboxylic acids is 1. The molecule has 2 heterocycles. The van der Waals surface area contributed by atoms with Crippen LogP contribution >= 0.6 is 11.3 Å². The summed E-state index contributed by atoms with van der Waals surface area (Å²) in [5, 5.41) is 21.1. The smallest absolute Gasteiger partial charge is 0.320 e. The molecule has 2 amide bonds. The van der Waals surface area contributed by atoms with Crippen molar-refractivity contribution in [2.24, 2.45) is 0 Å². The summed E-state index contributed by atoms with van der Waals surface area (Å²) in [6, 6.07) is 5.43. The number of rotatable bonds is 4. The van der Waals surface area contributed by atoms with Crippen molar-refractivity contribution in [2.75, 3.05) is 11.9 Å². The van der Waals surface area contributed by atoms with Gasteiger partial charge in [0.05, 0.1) is 18.0 Å². The lowest BCUT2D eigenvalue weighted by atomic mass is 10.1. The number of thiophene rings is 1. The topological polar surface area (TPSA) is 79.2 Å². The molecule has 0 atom stereocenters. The Bertz CT molecular complexity index is 599. The highest BCUT2D eigenvalue weighted by Crippen LogP contribution is 2.26. The lowest BCUT2D eigenvalue weighted by molar-refractivity contribution is 0.243. The van der Waals surface area contributed by atoms with Crippen LogP contribution in [0.1, 0.15) is 20.8 Å². The molecule has 7 heteroatoms. The number of aliphatic hydroxyl groups is 1. The van der Waals surface area contributed by atoms with Gasteiger partial charge in [-0.1, -0.05) is 6.07 Å². The van der Waals surface area contributed by atoms with E-state index < -0.39 is 0 Å². The van der Waals surface area contributed by atoms with Crippen molar-refractivity contribution in [1.29, 1.82) is 0 Å². The molecule has 2 rings (SSSR count). The summed E-state index contributed by atoms with van der Waals surface area (Å²) in [5.41, 5.74) is 0.465. The fourth-order valence-electron chi connectivity index (χ4n) is 1.82. The average molecular weight is 308 g/mol. The number of aliphatic hydroxyl groups excluding tert-OH is 1. The molecule has 3 N–H and O–H groups in total. The molecule has 0 fully saturated rings. The summed E-state index contributed by atoms with van der Waals surface area (Å²) in [7, 11) is 0. The zero-order valence-corrected chi connectivity index (χ0v) is 13.2. The number of carbonyl (C=O) groups is 1. The molecule has 0 saturated carbocycles. The predicted octanol–water partition coefficient (Wildman–Crippen LogP) is 2.52. The number of hydrogen-bond acceptors (Lipinski definition) is 4. The summed E-state index contributed by atoms with van der Waals surface area (Å²) in [4.78, 5) is 13.0. The molecular weight excluding hydrogens is 288 g/mol. The Morgan fingerprint density at radius 2 is 2.24 bits per heavy atom. The molecule has 6 nitrogen and oxygen atoms in total. The monoisotopic (exact) mass is 308 g/mol. The molecule has 0 aliphatic rings. The third kappa shape index (κ3) is 4.30. The first kappa shape index (κ1) is 15.5. The van der Waals surface area contributed by atoms with Crippen LogP contribution in [0.15, 0.2) is 23.6 Å². The van der Waals surface area contributed by atoms with Gasteiger partial charge in [0.2, 0.25) is 0 Å². The van der Waals surface area contributed by atoms with Crippen LogP contribution < -0.4 is 10.6 Å². The van der Waals surface area contributed by atoms with Crippen molar-refractivity contribution < 1.29 is 9.90 Å². The first-order valence-corrected chi connectivity index (χ1v) is 7.59. The molecule has 0 saturated heterocycles. The Morgan fingerprint density at radius 1 is 1.48 bits per heavy atom. The van der Waals surface area contributed by atoms with Crippen LogP contribution in [-0.4, -0.2) is 33.1 Å². The van der Waals surface area contributed by atoms with Gasteiger partial charge in [-0.2, -0.15) is 5.10 Å². The van der Waals surface area contributed by atoms with E-state index >= 15 is 0 Å². The molecule has 0 radical (unpaired) electrons. The standard InChI is InChI=1S/C14H20N4O2S/c1-14(2,3)16-13(20)15-12-9-10(11-5-4-8-21-11)17-18(12)6-7-19/h4-5,8-9,19H,6-7H2,1-3H3,(H2,15,16,20). The second-order valence-corrected chi connectivity index (χ2v) is 6.62. The summed E-state index contributed by atoms with van der Waals surface area (Å²) >= 11 is 1.58. The van der Waals surface area contributed by atoms with Gasteiger partial charge in [-0.3, -0.25) is 5.32 Å². The van der Waals surface area contributed by atoms with Gasteiger partial charge in [-0.25, -0.2) is 9.48 Å². The van der Waals surface area contributed by atoms with E-state index in [4.69, 9.17) is 5.11 Å². The third-order valence-corrected chi connectivity index (χ3v) is 3.49. The second-order valence-electron chi connectivity index (χ2n) is 5.67. The molecule has 0 bridgehead atoms. The van der Waals surface area contributed by atoms with Gasteiger partial charge in [0, 0.05) is 11.6 Å². The van der Waals surface area contributed by atoms with Gasteiger partial charge in [0.1, 0.15) is 11.5 Å². The minimum atomic E-state index is -0.317. The highest BCUT2D eigenvalue weighted by atomic mass is 32.1. The summed E-state index contributed by atoms with van der Waals surface area (Å²) in [6.45, 7) is 6.02. The number of amides is 2. The van der Waals surface area contributed by atoms with E-state index in [1.807, 2.05) is 44.4 Å². The lowest BCUT2D eigenvalue weighted by Crippen LogP contribution is -2.43. The fraction of sp³-hybridized carbons (Fsp3) is 0.429. The molecule has 0 unspecified atom stereocenters. The Morgan fingerprint density at radius 3 is 2.81 bits per heavy atom. The Hall–Kier alpha value is -1.86. The number of urea groups is 1. The fourth-order valence-corrected chi connectivity index (χ4v) is 2.50. The SMILES string of the molecule is CC(C)(C)NC(=O)Nc1cc(-c2cccs2)nn1CCO. The van der Waals surface area contributed by atoms with Crippen LogP contribution in [0.3, 0.4) is 0 Å². The van der Waals surface area contributed by atoms with Crippen molar-refractivity contribution in [3.05, 3.63) is 23.6 Å². The number of hydrogen-bond donors (Lipinski definition) is 3. The quantitative estimate of drug-likeness (QED) is 0.812. The molecule has 2 aromatic heterocycles. The zero-order chi connectivity index (χ0) is 15.5. The summed E-state index contributed by atoms with van der Waals surface area (Å²) in [5.74, 6) is 0.564. The van der Waals surface area contributed by atoms with Gasteiger partial charge in [0.25, 0.3) is 0 Å². The van der Waals surface area contributed by atoms with Crippen molar-refractivity contribution >= 4 is 23.2 Å². The largest absolute Gasteiger partial charge is 0.394 e. The minimum absolute atomic E-state index is 0.0405. The van der Waals surface area contributed by atoms with Crippen LogP contribution in [-0.2, 0) is 6.54 Å². The van der Waals surface area contributed by atoms with Gasteiger partial charge in [-0.15, -0.1) is 11.3 Å². The maximum atomic E-state index is 12.0. The highest BCUT2D eigenvalue weighted by molar-refractivity contribution is 7.13. The van der Waals surface area contributed by atoms with Gasteiger partial charge >= 0.3 is 6.03 Å². The van der Waals surface area contributed by atoms with E-state index in [9.17, 15) is 4.79 Å². The molecule has 114 valence electrons. The van der Waals surface area contributed by atoms with Gasteiger partial charge in [0.15, 0.2) is 0 Å². The zero-order valence-electron chi connectivity index (χ0n) is 12.4. The molecule has 0 spiro atoms. The Balaban J connectivity index is 2.19. The number of aromatic nitrogens is 2. The summed E-state index contributed by atoms with van der Waals surface area (Å²) in [6.07, 6.45) is 0. The van der Waals surface area contributed by atoms with Crippen molar-refractivity contribution in [1.82, 2.24) is 15.1 Å². The van der Waals surface area contributed by atoms with Gasteiger partial charge in [-0.05, 0) is 32.2 Å². The van der Waals surface area contributed by atoms with Crippen LogP contribution in [0.2, 0.25) is 0 Å². The van der Waals surface area contributed by atoms with Crippen molar-refractivity contribution in [3.8, 4) is 10.6 Å². The first-order chi connectivity index (χ1) is 9.89. The Kier molecular flexibility index (Phi) is 4.64.